The minimum atomic E-state index is 0.527. The van der Waals surface area contributed by atoms with Crippen LogP contribution in [0.5, 0.6) is 0 Å². The minimum Gasteiger partial charge on any atom is -0.319 e. The van der Waals surface area contributed by atoms with Gasteiger partial charge in [-0.25, -0.2) is 0 Å². The Labute approximate surface area is 68.3 Å². The first kappa shape index (κ1) is 7.76. The van der Waals surface area contributed by atoms with E-state index in [-0.39, 0.29) is 0 Å². The van der Waals surface area contributed by atoms with Gasteiger partial charge in [0.2, 0.25) is 6.41 Å². The van der Waals surface area contributed by atoms with Crippen molar-refractivity contribution in [3.05, 3.63) is 16.5 Å². The summed E-state index contributed by atoms with van der Waals surface area (Å²) in [7, 11) is 0. The van der Waals surface area contributed by atoms with Crippen molar-refractivity contribution in [2.75, 3.05) is 5.32 Å². The standard InChI is InChI=1S/C7H6N2OS/c1-5-2-6(3-8)7(11-5)9-4-10/h2,4H,1H3,(H,9,10). The van der Waals surface area contributed by atoms with Crippen LogP contribution in [0.2, 0.25) is 0 Å². The predicted octanol–water partition coefficient (Wildman–Crippen LogP) is 1.50. The maximum Gasteiger partial charge on any atom is 0.212 e. The number of aryl methyl sites for hydroxylation is 1. The number of hydrogen-bond donors (Lipinski definition) is 1. The lowest BCUT2D eigenvalue weighted by molar-refractivity contribution is -0.105. The highest BCUT2D eigenvalue weighted by atomic mass is 32.1. The van der Waals surface area contributed by atoms with Crippen molar-refractivity contribution < 1.29 is 4.79 Å². The molecular formula is C7H6N2OS. The molecule has 0 aromatic carbocycles. The summed E-state index contributed by atoms with van der Waals surface area (Å²) in [6.45, 7) is 1.89. The van der Waals surface area contributed by atoms with E-state index in [2.05, 4.69) is 5.32 Å². The van der Waals surface area contributed by atoms with Crippen LogP contribution in [0.15, 0.2) is 6.07 Å². The third kappa shape index (κ3) is 1.57. The molecule has 0 bridgehead atoms. The van der Waals surface area contributed by atoms with Gasteiger partial charge >= 0.3 is 0 Å². The second-order valence-electron chi connectivity index (χ2n) is 1.97. The van der Waals surface area contributed by atoms with E-state index in [9.17, 15) is 4.79 Å². The van der Waals surface area contributed by atoms with Crippen molar-refractivity contribution in [3.8, 4) is 6.07 Å². The number of amides is 1. The summed E-state index contributed by atoms with van der Waals surface area (Å²) < 4.78 is 0. The Kier molecular flexibility index (Phi) is 2.24. The Morgan fingerprint density at radius 3 is 3.09 bits per heavy atom. The number of nitrogens with one attached hydrogen (secondary N) is 1. The van der Waals surface area contributed by atoms with Crippen molar-refractivity contribution >= 4 is 22.7 Å². The van der Waals surface area contributed by atoms with E-state index in [1.807, 2.05) is 13.0 Å². The van der Waals surface area contributed by atoms with Crippen LogP contribution in [-0.4, -0.2) is 6.41 Å². The van der Waals surface area contributed by atoms with E-state index >= 15 is 0 Å². The first-order valence-corrected chi connectivity index (χ1v) is 3.80. The Morgan fingerprint density at radius 1 is 1.82 bits per heavy atom. The van der Waals surface area contributed by atoms with Crippen molar-refractivity contribution in [1.82, 2.24) is 0 Å². The lowest BCUT2D eigenvalue weighted by Gasteiger charge is -1.89. The van der Waals surface area contributed by atoms with Gasteiger partial charge in [-0.05, 0) is 13.0 Å². The summed E-state index contributed by atoms with van der Waals surface area (Å²) in [6, 6.07) is 3.74. The molecule has 1 aromatic heterocycles. The Bertz CT molecular complexity index is 311. The van der Waals surface area contributed by atoms with Crippen LogP contribution in [0.4, 0.5) is 5.00 Å². The van der Waals surface area contributed by atoms with E-state index in [1.54, 1.807) is 6.07 Å². The van der Waals surface area contributed by atoms with Gasteiger partial charge in [0.15, 0.2) is 0 Å². The lowest BCUT2D eigenvalue weighted by atomic mass is 10.3. The summed E-state index contributed by atoms with van der Waals surface area (Å²) in [5.74, 6) is 0. The molecule has 1 amide bonds. The normalized spacial score (nSPS) is 8.73. The van der Waals surface area contributed by atoms with Gasteiger partial charge in [0.25, 0.3) is 0 Å². The van der Waals surface area contributed by atoms with Gasteiger partial charge in [-0.15, -0.1) is 11.3 Å². The third-order valence-corrected chi connectivity index (χ3v) is 2.15. The van der Waals surface area contributed by atoms with Gasteiger partial charge in [-0.2, -0.15) is 5.26 Å². The van der Waals surface area contributed by atoms with E-state index in [0.717, 1.165) is 4.88 Å². The fourth-order valence-corrected chi connectivity index (χ4v) is 1.58. The molecule has 4 heteroatoms. The highest BCUT2D eigenvalue weighted by molar-refractivity contribution is 7.16. The van der Waals surface area contributed by atoms with Gasteiger partial charge in [0.05, 0.1) is 5.56 Å². The molecule has 0 radical (unpaired) electrons. The number of carbonyl (C=O) groups excluding carboxylic acids is 1. The summed E-state index contributed by atoms with van der Waals surface area (Å²) in [6.07, 6.45) is 0.576. The molecule has 0 atom stereocenters. The smallest absolute Gasteiger partial charge is 0.212 e. The Morgan fingerprint density at radius 2 is 2.55 bits per heavy atom. The van der Waals surface area contributed by atoms with Crippen molar-refractivity contribution in [2.24, 2.45) is 0 Å². The molecular weight excluding hydrogens is 160 g/mol. The Balaban J connectivity index is 3.04. The van der Waals surface area contributed by atoms with Crippen LogP contribution in [0.1, 0.15) is 10.4 Å². The zero-order chi connectivity index (χ0) is 8.27. The summed E-state index contributed by atoms with van der Waals surface area (Å²) in [4.78, 5) is 11.1. The van der Waals surface area contributed by atoms with Crippen LogP contribution in [0, 0.1) is 18.3 Å². The van der Waals surface area contributed by atoms with E-state index < -0.39 is 0 Å². The third-order valence-electron chi connectivity index (χ3n) is 1.17. The molecule has 0 aliphatic rings. The first-order chi connectivity index (χ1) is 5.27. The quantitative estimate of drug-likeness (QED) is 0.677. The molecule has 56 valence electrons. The molecule has 1 rings (SSSR count). The van der Waals surface area contributed by atoms with Crippen molar-refractivity contribution in [2.45, 2.75) is 6.92 Å². The van der Waals surface area contributed by atoms with Crippen molar-refractivity contribution in [3.63, 3.8) is 0 Å². The van der Waals surface area contributed by atoms with Crippen LogP contribution in [-0.2, 0) is 4.79 Å². The average Bonchev–Trinajstić information content (AvgIpc) is 2.32. The van der Waals surface area contributed by atoms with E-state index in [4.69, 9.17) is 5.26 Å². The monoisotopic (exact) mass is 166 g/mol. The zero-order valence-electron chi connectivity index (χ0n) is 5.92. The molecule has 11 heavy (non-hydrogen) atoms. The van der Waals surface area contributed by atoms with E-state index in [1.165, 1.54) is 11.3 Å². The zero-order valence-corrected chi connectivity index (χ0v) is 6.73. The molecule has 0 unspecified atom stereocenters. The van der Waals surface area contributed by atoms with Crippen LogP contribution in [0.3, 0.4) is 0 Å². The number of carbonyl (C=O) groups is 1. The molecule has 0 spiro atoms. The Hall–Kier alpha value is -1.34. The molecule has 0 saturated carbocycles. The summed E-state index contributed by atoms with van der Waals surface area (Å²) >= 11 is 1.40. The predicted molar refractivity (Wildman–Crippen MR) is 43.5 cm³/mol. The minimum absolute atomic E-state index is 0.527. The lowest BCUT2D eigenvalue weighted by Crippen LogP contribution is -1.91. The number of thiophene rings is 1. The van der Waals surface area contributed by atoms with Gasteiger partial charge in [-0.3, -0.25) is 4.79 Å². The molecule has 3 nitrogen and oxygen atoms in total. The van der Waals surface area contributed by atoms with Gasteiger partial charge in [0, 0.05) is 4.88 Å². The second kappa shape index (κ2) is 3.17. The molecule has 0 saturated heterocycles. The molecule has 1 aromatic rings. The summed E-state index contributed by atoms with van der Waals surface area (Å²) in [5.41, 5.74) is 0.527. The van der Waals surface area contributed by atoms with Gasteiger partial charge < -0.3 is 5.32 Å². The topological polar surface area (TPSA) is 52.9 Å². The van der Waals surface area contributed by atoms with Crippen LogP contribution < -0.4 is 5.32 Å². The number of hydrogen-bond acceptors (Lipinski definition) is 3. The summed E-state index contributed by atoms with van der Waals surface area (Å²) in [5, 5.41) is 11.6. The number of rotatable bonds is 2. The average molecular weight is 166 g/mol. The van der Waals surface area contributed by atoms with Crippen LogP contribution in [0.25, 0.3) is 0 Å². The SMILES string of the molecule is Cc1cc(C#N)c(NC=O)s1. The number of nitriles is 1. The molecule has 1 N–H and O–H groups in total. The number of nitrogens with zero attached hydrogens (tertiary/aromatic N) is 1. The molecule has 1 heterocycles. The molecule has 0 aliphatic heterocycles. The second-order valence-corrected chi connectivity index (χ2v) is 3.23. The highest BCUT2D eigenvalue weighted by Crippen LogP contribution is 2.25. The van der Waals surface area contributed by atoms with Gasteiger partial charge in [0.1, 0.15) is 11.1 Å². The maximum absolute atomic E-state index is 10.0. The van der Waals surface area contributed by atoms with Gasteiger partial charge in [-0.1, -0.05) is 0 Å². The fourth-order valence-electron chi connectivity index (χ4n) is 0.758. The van der Waals surface area contributed by atoms with Crippen LogP contribution >= 0.6 is 11.3 Å². The maximum atomic E-state index is 10.0. The molecule has 0 fully saturated rings. The fraction of sp³-hybridized carbons (Fsp3) is 0.143. The largest absolute Gasteiger partial charge is 0.319 e. The first-order valence-electron chi connectivity index (χ1n) is 2.98. The van der Waals surface area contributed by atoms with E-state index in [0.29, 0.717) is 17.0 Å². The highest BCUT2D eigenvalue weighted by Gasteiger charge is 2.03. The number of anilines is 1. The van der Waals surface area contributed by atoms with Crippen molar-refractivity contribution in [1.29, 1.82) is 5.26 Å². The molecule has 0 aliphatic carbocycles.